The van der Waals surface area contributed by atoms with Gasteiger partial charge in [-0.3, -0.25) is 9.97 Å². The van der Waals surface area contributed by atoms with Gasteiger partial charge in [0.05, 0.1) is 11.4 Å². The number of hydrogen-bond acceptors (Lipinski definition) is 2. The zero-order valence-corrected chi connectivity index (χ0v) is 22.9. The van der Waals surface area contributed by atoms with E-state index in [1.54, 1.807) is 0 Å². The number of nitrogens with zero attached hydrogens (tertiary/aromatic N) is 2. The van der Waals surface area contributed by atoms with Crippen LogP contribution in [0.3, 0.4) is 0 Å². The van der Waals surface area contributed by atoms with Crippen LogP contribution in [0.15, 0.2) is 158 Å². The molecule has 0 unspecified atom stereocenters. The highest BCUT2D eigenvalue weighted by Crippen LogP contribution is 2.38. The Bertz CT molecular complexity index is 2130. The maximum absolute atomic E-state index is 4.62. The molecule has 0 bridgehead atoms. The smallest absolute Gasteiger partial charge is 0.0702 e. The Morgan fingerprint density at radius 3 is 1.17 bits per heavy atom. The lowest BCUT2D eigenvalue weighted by molar-refractivity contribution is 1.31. The fourth-order valence-corrected chi connectivity index (χ4v) is 6.10. The van der Waals surface area contributed by atoms with E-state index in [2.05, 4.69) is 131 Å². The SMILES string of the molecule is c1ccc(-c2cc(-c3ccc(-c4ccc5c6ccccc6c6ccccc6c5c4)cc3)cc(-c3ccccn3)c2)nc1. The van der Waals surface area contributed by atoms with Gasteiger partial charge in [0.1, 0.15) is 0 Å². The summed E-state index contributed by atoms with van der Waals surface area (Å²) in [7, 11) is 0. The molecule has 2 aromatic heterocycles. The molecule has 0 fully saturated rings. The fourth-order valence-electron chi connectivity index (χ4n) is 6.10. The Morgan fingerprint density at radius 2 is 0.667 bits per heavy atom. The predicted octanol–water partition coefficient (Wildman–Crippen LogP) is 10.6. The Morgan fingerprint density at radius 1 is 0.262 bits per heavy atom. The molecule has 0 spiro atoms. The third-order valence-corrected chi connectivity index (χ3v) is 8.15. The van der Waals surface area contributed by atoms with Gasteiger partial charge in [0.2, 0.25) is 0 Å². The second kappa shape index (κ2) is 10.1. The van der Waals surface area contributed by atoms with Crippen molar-refractivity contribution in [3.05, 3.63) is 158 Å². The van der Waals surface area contributed by atoms with Crippen LogP contribution in [0, 0.1) is 0 Å². The van der Waals surface area contributed by atoms with Gasteiger partial charge in [0.15, 0.2) is 0 Å². The van der Waals surface area contributed by atoms with Crippen molar-refractivity contribution < 1.29 is 0 Å². The predicted molar refractivity (Wildman–Crippen MR) is 176 cm³/mol. The number of fused-ring (bicyclic) bond motifs is 6. The van der Waals surface area contributed by atoms with Crippen molar-refractivity contribution in [3.8, 4) is 44.8 Å². The molecule has 0 amide bonds. The Kier molecular flexibility index (Phi) is 5.82. The van der Waals surface area contributed by atoms with Crippen LogP contribution in [0.1, 0.15) is 0 Å². The van der Waals surface area contributed by atoms with Gasteiger partial charge in [-0.1, -0.05) is 97.1 Å². The van der Waals surface area contributed by atoms with E-state index in [0.29, 0.717) is 0 Å². The van der Waals surface area contributed by atoms with Gasteiger partial charge in [0, 0.05) is 23.5 Å². The minimum Gasteiger partial charge on any atom is -0.256 e. The first kappa shape index (κ1) is 24.2. The standard InChI is InChI=1S/C40H26N2/c1-2-11-35-33(9-1)34-10-3-4-12-36(34)38-26-29(19-20-37(35)38)27-15-17-28(18-16-27)30-23-31(39-13-5-7-21-41-39)25-32(24-30)40-14-6-8-22-42-40/h1-26H. The topological polar surface area (TPSA) is 25.8 Å². The average Bonchev–Trinajstić information content (AvgIpc) is 3.09. The second-order valence-corrected chi connectivity index (χ2v) is 10.7. The number of rotatable bonds is 4. The minimum atomic E-state index is 0.948. The van der Waals surface area contributed by atoms with Crippen molar-refractivity contribution in [2.75, 3.05) is 0 Å². The molecule has 196 valence electrons. The molecular weight excluding hydrogens is 508 g/mol. The van der Waals surface area contributed by atoms with E-state index in [1.165, 1.54) is 43.4 Å². The molecule has 0 saturated carbocycles. The van der Waals surface area contributed by atoms with Crippen LogP contribution in [-0.4, -0.2) is 9.97 Å². The zero-order valence-electron chi connectivity index (χ0n) is 22.9. The zero-order chi connectivity index (χ0) is 27.9. The van der Waals surface area contributed by atoms with Gasteiger partial charge in [0.25, 0.3) is 0 Å². The lowest BCUT2D eigenvalue weighted by Crippen LogP contribution is -1.89. The highest BCUT2D eigenvalue weighted by molar-refractivity contribution is 6.25. The molecule has 0 saturated heterocycles. The third-order valence-electron chi connectivity index (χ3n) is 8.15. The van der Waals surface area contributed by atoms with Gasteiger partial charge >= 0.3 is 0 Å². The van der Waals surface area contributed by atoms with E-state index in [-0.39, 0.29) is 0 Å². The summed E-state index contributed by atoms with van der Waals surface area (Å²) in [4.78, 5) is 9.23. The van der Waals surface area contributed by atoms with Crippen LogP contribution in [0.4, 0.5) is 0 Å². The van der Waals surface area contributed by atoms with E-state index in [0.717, 1.165) is 33.6 Å². The first-order chi connectivity index (χ1) is 20.8. The molecule has 42 heavy (non-hydrogen) atoms. The number of hydrogen-bond donors (Lipinski definition) is 0. The van der Waals surface area contributed by atoms with Crippen molar-refractivity contribution in [1.82, 2.24) is 9.97 Å². The maximum atomic E-state index is 4.62. The van der Waals surface area contributed by atoms with Crippen molar-refractivity contribution in [2.24, 2.45) is 0 Å². The molecular formula is C40H26N2. The van der Waals surface area contributed by atoms with Crippen molar-refractivity contribution in [3.63, 3.8) is 0 Å². The van der Waals surface area contributed by atoms with Crippen molar-refractivity contribution >= 4 is 32.3 Å². The Balaban J connectivity index is 1.23. The van der Waals surface area contributed by atoms with E-state index in [4.69, 9.17) is 0 Å². The number of aromatic nitrogens is 2. The molecule has 0 aliphatic carbocycles. The molecule has 2 heteroatoms. The summed E-state index contributed by atoms with van der Waals surface area (Å²) >= 11 is 0. The van der Waals surface area contributed by atoms with E-state index < -0.39 is 0 Å². The van der Waals surface area contributed by atoms with Crippen LogP contribution in [0.25, 0.3) is 77.1 Å². The molecule has 8 rings (SSSR count). The molecule has 0 aliphatic rings. The van der Waals surface area contributed by atoms with Gasteiger partial charge in [-0.05, 0) is 103 Å². The highest BCUT2D eigenvalue weighted by Gasteiger charge is 2.11. The Hall–Kier alpha value is -5.60. The van der Waals surface area contributed by atoms with E-state index in [9.17, 15) is 0 Å². The molecule has 0 aliphatic heterocycles. The Labute approximate surface area is 244 Å². The first-order valence-corrected chi connectivity index (χ1v) is 14.2. The summed E-state index contributed by atoms with van der Waals surface area (Å²) in [6.07, 6.45) is 3.68. The van der Waals surface area contributed by atoms with Gasteiger partial charge in [-0.2, -0.15) is 0 Å². The molecule has 6 aromatic carbocycles. The lowest BCUT2D eigenvalue weighted by atomic mass is 9.91. The summed E-state index contributed by atoms with van der Waals surface area (Å²) in [6, 6.07) is 51.9. The number of pyridine rings is 2. The van der Waals surface area contributed by atoms with Crippen LogP contribution in [-0.2, 0) is 0 Å². The van der Waals surface area contributed by atoms with Gasteiger partial charge < -0.3 is 0 Å². The molecule has 0 N–H and O–H groups in total. The quantitative estimate of drug-likeness (QED) is 0.210. The van der Waals surface area contributed by atoms with E-state index in [1.807, 2.05) is 36.7 Å². The first-order valence-electron chi connectivity index (χ1n) is 14.2. The molecule has 0 radical (unpaired) electrons. The molecule has 2 heterocycles. The molecule has 0 atom stereocenters. The van der Waals surface area contributed by atoms with Gasteiger partial charge in [-0.25, -0.2) is 0 Å². The maximum Gasteiger partial charge on any atom is 0.0702 e. The summed E-state index contributed by atoms with van der Waals surface area (Å²) in [5.74, 6) is 0. The van der Waals surface area contributed by atoms with Crippen LogP contribution in [0.5, 0.6) is 0 Å². The van der Waals surface area contributed by atoms with Crippen molar-refractivity contribution in [2.45, 2.75) is 0 Å². The van der Waals surface area contributed by atoms with Crippen LogP contribution in [0.2, 0.25) is 0 Å². The summed E-state index contributed by atoms with van der Waals surface area (Å²) in [5, 5.41) is 7.76. The van der Waals surface area contributed by atoms with Crippen LogP contribution < -0.4 is 0 Å². The lowest BCUT2D eigenvalue weighted by Gasteiger charge is -2.13. The minimum absolute atomic E-state index is 0.948. The average molecular weight is 535 g/mol. The second-order valence-electron chi connectivity index (χ2n) is 10.7. The largest absolute Gasteiger partial charge is 0.256 e. The normalized spacial score (nSPS) is 11.3. The number of benzene rings is 6. The van der Waals surface area contributed by atoms with Crippen LogP contribution >= 0.6 is 0 Å². The fraction of sp³-hybridized carbons (Fsp3) is 0. The monoisotopic (exact) mass is 534 g/mol. The van der Waals surface area contributed by atoms with E-state index >= 15 is 0 Å². The molecule has 8 aromatic rings. The summed E-state index contributed by atoms with van der Waals surface area (Å²) in [6.45, 7) is 0. The summed E-state index contributed by atoms with van der Waals surface area (Å²) < 4.78 is 0. The molecule has 2 nitrogen and oxygen atoms in total. The highest BCUT2D eigenvalue weighted by atomic mass is 14.7. The third kappa shape index (κ3) is 4.22. The van der Waals surface area contributed by atoms with Crippen molar-refractivity contribution in [1.29, 1.82) is 0 Å². The summed E-state index contributed by atoms with van der Waals surface area (Å²) in [5.41, 5.74) is 8.76. The van der Waals surface area contributed by atoms with Gasteiger partial charge in [-0.15, -0.1) is 0 Å².